The molecule has 2 N–H and O–H groups in total. The number of ketones is 1. The van der Waals surface area contributed by atoms with Gasteiger partial charge in [0.25, 0.3) is 0 Å². The molecular formula is C9H12N2OS. The first-order valence-electron chi connectivity index (χ1n) is 4.56. The van der Waals surface area contributed by atoms with Crippen LogP contribution in [-0.2, 0) is 6.42 Å². The molecule has 1 aromatic rings. The van der Waals surface area contributed by atoms with Gasteiger partial charge in [-0.1, -0.05) is 17.8 Å². The van der Waals surface area contributed by atoms with Crippen molar-refractivity contribution >= 4 is 22.3 Å². The van der Waals surface area contributed by atoms with Crippen molar-refractivity contribution in [3.8, 4) is 0 Å². The van der Waals surface area contributed by atoms with E-state index in [-0.39, 0.29) is 5.78 Å². The lowest BCUT2D eigenvalue weighted by atomic mass is 10.0. The van der Waals surface area contributed by atoms with Gasteiger partial charge in [0.1, 0.15) is 0 Å². The molecule has 0 unspecified atom stereocenters. The van der Waals surface area contributed by atoms with E-state index < -0.39 is 0 Å². The minimum absolute atomic E-state index is 0.226. The number of anilines is 1. The highest BCUT2D eigenvalue weighted by atomic mass is 32.1. The van der Waals surface area contributed by atoms with Gasteiger partial charge < -0.3 is 5.73 Å². The van der Waals surface area contributed by atoms with Crippen LogP contribution in [0, 0.1) is 0 Å². The summed E-state index contributed by atoms with van der Waals surface area (Å²) in [5, 5.41) is 0.528. The van der Waals surface area contributed by atoms with Crippen LogP contribution in [0.4, 0.5) is 5.13 Å². The molecule has 0 spiro atoms. The summed E-state index contributed by atoms with van der Waals surface area (Å²) >= 11 is 1.34. The first-order valence-corrected chi connectivity index (χ1v) is 5.37. The number of carbonyl (C=O) groups excluding carboxylic acids is 1. The van der Waals surface area contributed by atoms with Crippen molar-refractivity contribution in [2.24, 2.45) is 0 Å². The fraction of sp³-hybridized carbons (Fsp3) is 0.556. The van der Waals surface area contributed by atoms with E-state index in [0.717, 1.165) is 36.3 Å². The third kappa shape index (κ3) is 1.72. The molecule has 4 heteroatoms. The molecule has 0 aliphatic heterocycles. The van der Waals surface area contributed by atoms with Gasteiger partial charge in [-0.15, -0.1) is 0 Å². The zero-order valence-electron chi connectivity index (χ0n) is 7.38. The molecule has 2 rings (SSSR count). The zero-order valence-corrected chi connectivity index (χ0v) is 8.19. The summed E-state index contributed by atoms with van der Waals surface area (Å²) in [5.41, 5.74) is 6.50. The molecule has 70 valence electrons. The molecule has 0 aromatic carbocycles. The van der Waals surface area contributed by atoms with Gasteiger partial charge in [-0.2, -0.15) is 0 Å². The molecule has 0 amide bonds. The van der Waals surface area contributed by atoms with E-state index in [1.807, 2.05) is 0 Å². The van der Waals surface area contributed by atoms with Gasteiger partial charge in [0, 0.05) is 6.42 Å². The normalized spacial score (nSPS) is 17.7. The number of nitrogens with two attached hydrogens (primary N) is 1. The monoisotopic (exact) mass is 196 g/mol. The van der Waals surface area contributed by atoms with E-state index in [4.69, 9.17) is 5.73 Å². The highest BCUT2D eigenvalue weighted by Gasteiger charge is 2.18. The van der Waals surface area contributed by atoms with E-state index in [9.17, 15) is 4.79 Å². The maximum Gasteiger partial charge on any atom is 0.180 e. The van der Waals surface area contributed by atoms with Crippen molar-refractivity contribution in [1.82, 2.24) is 4.98 Å². The number of Topliss-reactive ketones (excluding diaryl/α,β-unsaturated/α-hetero) is 1. The molecule has 1 aliphatic carbocycles. The van der Waals surface area contributed by atoms with Gasteiger partial charge in [-0.05, 0) is 19.3 Å². The quantitative estimate of drug-likeness (QED) is 0.690. The molecule has 0 atom stereocenters. The van der Waals surface area contributed by atoms with Crippen LogP contribution in [0.3, 0.4) is 0 Å². The van der Waals surface area contributed by atoms with Crippen molar-refractivity contribution in [2.75, 3.05) is 5.73 Å². The summed E-state index contributed by atoms with van der Waals surface area (Å²) < 4.78 is 0. The van der Waals surface area contributed by atoms with Crippen LogP contribution in [0.1, 0.15) is 41.0 Å². The van der Waals surface area contributed by atoms with Crippen LogP contribution in [-0.4, -0.2) is 10.8 Å². The molecule has 0 saturated heterocycles. The molecular weight excluding hydrogens is 184 g/mol. The predicted molar refractivity (Wildman–Crippen MR) is 53.0 cm³/mol. The van der Waals surface area contributed by atoms with Crippen LogP contribution in [0.15, 0.2) is 0 Å². The number of fused-ring (bicyclic) bond motifs is 1. The van der Waals surface area contributed by atoms with Crippen molar-refractivity contribution in [1.29, 1.82) is 0 Å². The molecule has 3 nitrogen and oxygen atoms in total. The molecule has 1 aromatic heterocycles. The molecule has 13 heavy (non-hydrogen) atoms. The molecule has 1 aliphatic rings. The fourth-order valence-corrected chi connectivity index (χ4v) is 2.47. The van der Waals surface area contributed by atoms with Crippen molar-refractivity contribution in [3.63, 3.8) is 0 Å². The number of thiazole rings is 1. The second kappa shape index (κ2) is 3.46. The van der Waals surface area contributed by atoms with Gasteiger partial charge in [-0.3, -0.25) is 4.79 Å². The van der Waals surface area contributed by atoms with E-state index in [0.29, 0.717) is 11.6 Å². The van der Waals surface area contributed by atoms with Crippen molar-refractivity contribution in [2.45, 2.75) is 32.1 Å². The second-order valence-electron chi connectivity index (χ2n) is 3.31. The smallest absolute Gasteiger partial charge is 0.180 e. The maximum atomic E-state index is 11.6. The average Bonchev–Trinajstić information content (AvgIpc) is 2.43. The molecule has 0 radical (unpaired) electrons. The Morgan fingerprint density at radius 3 is 2.85 bits per heavy atom. The largest absolute Gasteiger partial charge is 0.375 e. The van der Waals surface area contributed by atoms with Gasteiger partial charge >= 0.3 is 0 Å². The summed E-state index contributed by atoms with van der Waals surface area (Å²) in [4.78, 5) is 16.6. The van der Waals surface area contributed by atoms with Gasteiger partial charge in [0.05, 0.1) is 10.6 Å². The summed E-state index contributed by atoms with van der Waals surface area (Å²) in [7, 11) is 0. The van der Waals surface area contributed by atoms with E-state index in [1.165, 1.54) is 11.3 Å². The lowest BCUT2D eigenvalue weighted by molar-refractivity contribution is 0.0980. The maximum absolute atomic E-state index is 11.6. The Bertz CT molecular complexity index is 332. The minimum Gasteiger partial charge on any atom is -0.375 e. The molecule has 0 bridgehead atoms. The zero-order chi connectivity index (χ0) is 9.26. The highest BCUT2D eigenvalue weighted by molar-refractivity contribution is 7.17. The lowest BCUT2D eigenvalue weighted by Gasteiger charge is -2.05. The van der Waals surface area contributed by atoms with Crippen LogP contribution in [0.25, 0.3) is 0 Å². The number of rotatable bonds is 0. The summed E-state index contributed by atoms with van der Waals surface area (Å²) in [6.45, 7) is 0. The summed E-state index contributed by atoms with van der Waals surface area (Å²) in [6.07, 6.45) is 4.84. The standard InChI is InChI=1S/C9H12N2OS/c10-9-11-6-4-2-1-3-5-7(12)8(6)13-9/h1-5H2,(H2,10,11). The van der Waals surface area contributed by atoms with Crippen LogP contribution in [0.2, 0.25) is 0 Å². The van der Waals surface area contributed by atoms with Crippen LogP contribution < -0.4 is 5.73 Å². The topological polar surface area (TPSA) is 56.0 Å². The van der Waals surface area contributed by atoms with Crippen LogP contribution in [0.5, 0.6) is 0 Å². The van der Waals surface area contributed by atoms with Gasteiger partial charge in [0.15, 0.2) is 10.9 Å². The number of aryl methyl sites for hydroxylation is 1. The Balaban J connectivity index is 2.36. The summed E-state index contributed by atoms with van der Waals surface area (Å²) in [5.74, 6) is 0.226. The van der Waals surface area contributed by atoms with Crippen molar-refractivity contribution in [3.05, 3.63) is 10.6 Å². The third-order valence-corrected chi connectivity index (χ3v) is 3.25. The number of hydrogen-bond acceptors (Lipinski definition) is 4. The van der Waals surface area contributed by atoms with Crippen LogP contribution >= 0.6 is 11.3 Å². The summed E-state index contributed by atoms with van der Waals surface area (Å²) in [6, 6.07) is 0. The Hall–Kier alpha value is -0.900. The van der Waals surface area contributed by atoms with Gasteiger partial charge in [-0.25, -0.2) is 4.98 Å². The predicted octanol–water partition coefficient (Wildman–Crippen LogP) is 2.02. The van der Waals surface area contributed by atoms with E-state index in [2.05, 4.69) is 4.98 Å². The number of carbonyl (C=O) groups is 1. The Labute approximate surface area is 81.0 Å². The van der Waals surface area contributed by atoms with Gasteiger partial charge in [0.2, 0.25) is 0 Å². The molecule has 1 heterocycles. The minimum atomic E-state index is 0.226. The average molecular weight is 196 g/mol. The Morgan fingerprint density at radius 2 is 2.00 bits per heavy atom. The highest BCUT2D eigenvalue weighted by Crippen LogP contribution is 2.26. The lowest BCUT2D eigenvalue weighted by Crippen LogP contribution is -2.04. The number of aromatic nitrogens is 1. The van der Waals surface area contributed by atoms with Crippen molar-refractivity contribution < 1.29 is 4.79 Å². The first kappa shape index (κ1) is 8.69. The Kier molecular flexibility index (Phi) is 2.31. The molecule has 0 saturated carbocycles. The fourth-order valence-electron chi connectivity index (χ4n) is 1.63. The number of nitrogen functional groups attached to an aromatic ring is 1. The number of nitrogens with zero attached hydrogens (tertiary/aromatic N) is 1. The Morgan fingerprint density at radius 1 is 1.23 bits per heavy atom. The van der Waals surface area contributed by atoms with E-state index >= 15 is 0 Å². The number of hydrogen-bond donors (Lipinski definition) is 1. The molecule has 0 fully saturated rings. The first-order chi connectivity index (χ1) is 6.27. The third-order valence-electron chi connectivity index (χ3n) is 2.28. The second-order valence-corrected chi connectivity index (χ2v) is 4.34. The van der Waals surface area contributed by atoms with E-state index in [1.54, 1.807) is 0 Å². The SMILES string of the molecule is Nc1nc2c(s1)C(=O)CCCCC2.